The van der Waals surface area contributed by atoms with Crippen LogP contribution in [0.2, 0.25) is 0 Å². The first-order valence-corrected chi connectivity index (χ1v) is 4.88. The highest BCUT2D eigenvalue weighted by Crippen LogP contribution is 2.21. The largest absolute Gasteiger partial charge is 0.462 e. The van der Waals surface area contributed by atoms with Gasteiger partial charge in [0.25, 0.3) is 0 Å². The van der Waals surface area contributed by atoms with Crippen LogP contribution in [0.25, 0.3) is 0 Å². The molecular weight excluding hydrogens is 168 g/mol. The fraction of sp³-hybridized carbons (Fsp3) is 0.700. The molecule has 0 unspecified atom stereocenters. The normalized spacial score (nSPS) is 28.8. The minimum absolute atomic E-state index is 0.120. The summed E-state index contributed by atoms with van der Waals surface area (Å²) in [5.74, 6) is 0.640. The molecule has 1 aliphatic heterocycles. The summed E-state index contributed by atoms with van der Waals surface area (Å²) in [5.41, 5.74) is 0. The zero-order valence-electron chi connectivity index (χ0n) is 7.62. The van der Waals surface area contributed by atoms with Crippen LogP contribution in [-0.2, 0) is 14.3 Å². The van der Waals surface area contributed by atoms with Gasteiger partial charge in [-0.1, -0.05) is 0 Å². The smallest absolute Gasteiger partial charge is 0.199 e. The number of carbonyl (C=O) groups is 1. The highest BCUT2D eigenvalue weighted by Gasteiger charge is 2.22. The van der Waals surface area contributed by atoms with E-state index in [1.807, 2.05) is 6.08 Å². The van der Waals surface area contributed by atoms with Gasteiger partial charge >= 0.3 is 0 Å². The van der Waals surface area contributed by atoms with E-state index in [9.17, 15) is 4.79 Å². The van der Waals surface area contributed by atoms with E-state index < -0.39 is 0 Å². The summed E-state index contributed by atoms with van der Waals surface area (Å²) in [6, 6.07) is 0. The van der Waals surface area contributed by atoms with Gasteiger partial charge in [-0.05, 0) is 25.3 Å². The standard InChI is InChI=1S/C10H14O3/c11-8-4-3-5-9(8)13-10-6-1-2-7-12-10/h5,10H,1-4,6-7H2/t10-/m1/s1. The Balaban J connectivity index is 1.86. The lowest BCUT2D eigenvalue weighted by atomic mass is 10.2. The molecule has 2 aliphatic rings. The van der Waals surface area contributed by atoms with Crippen molar-refractivity contribution >= 4 is 5.78 Å². The Morgan fingerprint density at radius 1 is 1.46 bits per heavy atom. The Morgan fingerprint density at radius 2 is 2.38 bits per heavy atom. The number of hydrogen-bond donors (Lipinski definition) is 0. The summed E-state index contributed by atoms with van der Waals surface area (Å²) >= 11 is 0. The van der Waals surface area contributed by atoms with E-state index >= 15 is 0 Å². The molecule has 0 spiro atoms. The van der Waals surface area contributed by atoms with Crippen molar-refractivity contribution in [2.24, 2.45) is 0 Å². The van der Waals surface area contributed by atoms with Crippen LogP contribution >= 0.6 is 0 Å². The Bertz CT molecular complexity index is 226. The molecule has 72 valence electrons. The minimum atomic E-state index is -0.179. The SMILES string of the molecule is O=C1CCC=C1O[C@@H]1CCCCO1. The van der Waals surface area contributed by atoms with Crippen LogP contribution in [0.15, 0.2) is 11.8 Å². The second-order valence-electron chi connectivity index (χ2n) is 3.44. The second-order valence-corrected chi connectivity index (χ2v) is 3.44. The Hall–Kier alpha value is -0.830. The predicted octanol–water partition coefficient (Wildman–Crippen LogP) is 1.78. The summed E-state index contributed by atoms with van der Waals surface area (Å²) in [7, 11) is 0. The molecular formula is C10H14O3. The molecule has 0 aromatic heterocycles. The molecule has 0 radical (unpaired) electrons. The highest BCUT2D eigenvalue weighted by molar-refractivity contribution is 5.95. The van der Waals surface area contributed by atoms with Crippen LogP contribution in [0, 0.1) is 0 Å². The first kappa shape index (κ1) is 8.75. The maximum absolute atomic E-state index is 11.2. The number of Topliss-reactive ketones (excluding diaryl/α,β-unsaturated/α-hetero) is 1. The van der Waals surface area contributed by atoms with Gasteiger partial charge in [-0.25, -0.2) is 0 Å². The number of ketones is 1. The topological polar surface area (TPSA) is 35.5 Å². The summed E-state index contributed by atoms with van der Waals surface area (Å²) in [6.45, 7) is 0.756. The quantitative estimate of drug-likeness (QED) is 0.653. The van der Waals surface area contributed by atoms with E-state index in [1.165, 1.54) is 0 Å². The van der Waals surface area contributed by atoms with Crippen molar-refractivity contribution in [2.75, 3.05) is 6.61 Å². The molecule has 0 aromatic carbocycles. The Labute approximate surface area is 77.7 Å². The van der Waals surface area contributed by atoms with Gasteiger partial charge in [0.2, 0.25) is 0 Å². The second kappa shape index (κ2) is 3.92. The first-order chi connectivity index (χ1) is 6.36. The van der Waals surface area contributed by atoms with E-state index in [4.69, 9.17) is 9.47 Å². The lowest BCUT2D eigenvalue weighted by Crippen LogP contribution is -2.23. The zero-order valence-corrected chi connectivity index (χ0v) is 7.62. The van der Waals surface area contributed by atoms with Gasteiger partial charge < -0.3 is 9.47 Å². The van der Waals surface area contributed by atoms with Crippen LogP contribution in [0.1, 0.15) is 32.1 Å². The summed E-state index contributed by atoms with van der Waals surface area (Å²) < 4.78 is 10.8. The average Bonchev–Trinajstić information content (AvgIpc) is 2.54. The van der Waals surface area contributed by atoms with Crippen LogP contribution in [-0.4, -0.2) is 18.7 Å². The number of ether oxygens (including phenoxy) is 2. The molecule has 0 saturated carbocycles. The molecule has 2 rings (SSSR count). The summed E-state index contributed by atoms with van der Waals surface area (Å²) in [6.07, 6.45) is 6.24. The maximum Gasteiger partial charge on any atom is 0.199 e. The highest BCUT2D eigenvalue weighted by atomic mass is 16.7. The first-order valence-electron chi connectivity index (χ1n) is 4.88. The lowest BCUT2D eigenvalue weighted by molar-refractivity contribution is -0.148. The minimum Gasteiger partial charge on any atom is -0.462 e. The Morgan fingerprint density at radius 3 is 3.00 bits per heavy atom. The van der Waals surface area contributed by atoms with E-state index in [2.05, 4.69) is 0 Å². The van der Waals surface area contributed by atoms with Gasteiger partial charge in [0.15, 0.2) is 17.8 Å². The van der Waals surface area contributed by atoms with Gasteiger partial charge in [-0.15, -0.1) is 0 Å². The molecule has 3 nitrogen and oxygen atoms in total. The van der Waals surface area contributed by atoms with Gasteiger partial charge in [0.1, 0.15) is 0 Å². The third kappa shape index (κ3) is 2.10. The van der Waals surface area contributed by atoms with Crippen molar-refractivity contribution < 1.29 is 14.3 Å². The van der Waals surface area contributed by atoms with Crippen molar-refractivity contribution in [3.05, 3.63) is 11.8 Å². The monoisotopic (exact) mass is 182 g/mol. The summed E-state index contributed by atoms with van der Waals surface area (Å²) in [5, 5.41) is 0. The number of rotatable bonds is 2. The van der Waals surface area contributed by atoms with Gasteiger partial charge in [0, 0.05) is 12.8 Å². The molecule has 0 aromatic rings. The van der Waals surface area contributed by atoms with Crippen molar-refractivity contribution in [2.45, 2.75) is 38.4 Å². The molecule has 1 aliphatic carbocycles. The van der Waals surface area contributed by atoms with Gasteiger partial charge in [0.05, 0.1) is 6.61 Å². The number of hydrogen-bond acceptors (Lipinski definition) is 3. The summed E-state index contributed by atoms with van der Waals surface area (Å²) in [4.78, 5) is 11.2. The van der Waals surface area contributed by atoms with E-state index in [0.717, 1.165) is 32.3 Å². The maximum atomic E-state index is 11.2. The van der Waals surface area contributed by atoms with E-state index in [0.29, 0.717) is 12.2 Å². The molecule has 1 atom stereocenters. The molecule has 0 bridgehead atoms. The molecule has 0 amide bonds. The van der Waals surface area contributed by atoms with Gasteiger partial charge in [-0.3, -0.25) is 4.79 Å². The van der Waals surface area contributed by atoms with Crippen LogP contribution < -0.4 is 0 Å². The third-order valence-electron chi connectivity index (χ3n) is 2.37. The fourth-order valence-electron chi connectivity index (χ4n) is 1.63. The van der Waals surface area contributed by atoms with Crippen LogP contribution in [0.4, 0.5) is 0 Å². The molecule has 1 saturated heterocycles. The molecule has 0 N–H and O–H groups in total. The Kier molecular flexibility index (Phi) is 2.64. The number of carbonyl (C=O) groups excluding carboxylic acids is 1. The zero-order chi connectivity index (χ0) is 9.10. The van der Waals surface area contributed by atoms with E-state index in [-0.39, 0.29) is 12.1 Å². The van der Waals surface area contributed by atoms with Crippen molar-refractivity contribution in [1.82, 2.24) is 0 Å². The lowest BCUT2D eigenvalue weighted by Gasteiger charge is -2.23. The predicted molar refractivity (Wildman–Crippen MR) is 47.0 cm³/mol. The molecule has 3 heteroatoms. The van der Waals surface area contributed by atoms with Crippen LogP contribution in [0.3, 0.4) is 0 Å². The van der Waals surface area contributed by atoms with Crippen molar-refractivity contribution in [3.63, 3.8) is 0 Å². The van der Waals surface area contributed by atoms with Crippen molar-refractivity contribution in [1.29, 1.82) is 0 Å². The van der Waals surface area contributed by atoms with Crippen LogP contribution in [0.5, 0.6) is 0 Å². The molecule has 1 heterocycles. The van der Waals surface area contributed by atoms with E-state index in [1.54, 1.807) is 0 Å². The molecule has 13 heavy (non-hydrogen) atoms. The fourth-order valence-corrected chi connectivity index (χ4v) is 1.63. The van der Waals surface area contributed by atoms with Gasteiger partial charge in [-0.2, -0.15) is 0 Å². The van der Waals surface area contributed by atoms with Crippen molar-refractivity contribution in [3.8, 4) is 0 Å². The number of allylic oxidation sites excluding steroid dienone is 2. The molecule has 1 fully saturated rings. The third-order valence-corrected chi connectivity index (χ3v) is 2.37. The average molecular weight is 182 g/mol.